The Kier molecular flexibility index (Phi) is 4.76. The second-order valence-corrected chi connectivity index (χ2v) is 6.81. The molecule has 0 spiro atoms. The van der Waals surface area contributed by atoms with Crippen LogP contribution in [0, 0.1) is 0 Å². The SMILES string of the molecule is c1ccc(CN2CCC(Nc3cnc4c(c3)COCC4)CC2)cc1. The van der Waals surface area contributed by atoms with Crippen LogP contribution >= 0.6 is 0 Å². The van der Waals surface area contributed by atoms with E-state index in [2.05, 4.69) is 51.6 Å². The van der Waals surface area contributed by atoms with Gasteiger partial charge in [-0.05, 0) is 24.5 Å². The number of benzene rings is 1. The quantitative estimate of drug-likeness (QED) is 0.937. The molecular formula is C20H25N3O. The second-order valence-electron chi connectivity index (χ2n) is 6.81. The zero-order valence-electron chi connectivity index (χ0n) is 14.1. The van der Waals surface area contributed by atoms with E-state index in [0.717, 1.165) is 38.3 Å². The molecule has 1 aromatic heterocycles. The summed E-state index contributed by atoms with van der Waals surface area (Å²) >= 11 is 0. The van der Waals surface area contributed by atoms with E-state index >= 15 is 0 Å². The van der Waals surface area contributed by atoms with E-state index in [1.54, 1.807) is 0 Å². The highest BCUT2D eigenvalue weighted by Crippen LogP contribution is 2.22. The molecule has 0 atom stereocenters. The van der Waals surface area contributed by atoms with Gasteiger partial charge in [-0.3, -0.25) is 9.88 Å². The lowest BCUT2D eigenvalue weighted by atomic mass is 10.0. The Hall–Kier alpha value is -1.91. The first-order valence-corrected chi connectivity index (χ1v) is 8.95. The number of hydrogen-bond acceptors (Lipinski definition) is 4. The minimum Gasteiger partial charge on any atom is -0.381 e. The van der Waals surface area contributed by atoms with Gasteiger partial charge in [-0.1, -0.05) is 30.3 Å². The summed E-state index contributed by atoms with van der Waals surface area (Å²) in [5.74, 6) is 0. The van der Waals surface area contributed by atoms with Gasteiger partial charge in [0.05, 0.1) is 25.1 Å². The molecule has 4 nitrogen and oxygen atoms in total. The molecule has 2 aromatic rings. The Morgan fingerprint density at radius 1 is 1.17 bits per heavy atom. The number of fused-ring (bicyclic) bond motifs is 1. The molecule has 0 bridgehead atoms. The van der Waals surface area contributed by atoms with Crippen LogP contribution in [0.2, 0.25) is 0 Å². The summed E-state index contributed by atoms with van der Waals surface area (Å²) in [6, 6.07) is 13.5. The van der Waals surface area contributed by atoms with E-state index < -0.39 is 0 Å². The third-order valence-electron chi connectivity index (χ3n) is 5.01. The first kappa shape index (κ1) is 15.6. The van der Waals surface area contributed by atoms with Crippen LogP contribution in [-0.2, 0) is 24.3 Å². The maximum Gasteiger partial charge on any atom is 0.0735 e. The summed E-state index contributed by atoms with van der Waals surface area (Å²) in [5.41, 5.74) is 4.99. The Morgan fingerprint density at radius 2 is 2.00 bits per heavy atom. The van der Waals surface area contributed by atoms with Gasteiger partial charge in [0.15, 0.2) is 0 Å². The average Bonchev–Trinajstić information content (AvgIpc) is 2.64. The third-order valence-corrected chi connectivity index (χ3v) is 5.01. The van der Waals surface area contributed by atoms with Gasteiger partial charge < -0.3 is 10.1 Å². The van der Waals surface area contributed by atoms with Crippen molar-refractivity contribution in [2.45, 2.75) is 38.5 Å². The van der Waals surface area contributed by atoms with Gasteiger partial charge in [-0.2, -0.15) is 0 Å². The molecule has 0 amide bonds. The minimum absolute atomic E-state index is 0.543. The minimum atomic E-state index is 0.543. The molecule has 4 heteroatoms. The summed E-state index contributed by atoms with van der Waals surface area (Å²) in [6.45, 7) is 4.85. The lowest BCUT2D eigenvalue weighted by Gasteiger charge is -2.33. The molecule has 2 aliphatic heterocycles. The summed E-state index contributed by atoms with van der Waals surface area (Å²) in [4.78, 5) is 7.15. The molecule has 1 saturated heterocycles. The van der Waals surface area contributed by atoms with E-state index in [0.29, 0.717) is 12.6 Å². The zero-order valence-corrected chi connectivity index (χ0v) is 14.1. The monoisotopic (exact) mass is 323 g/mol. The highest BCUT2D eigenvalue weighted by molar-refractivity contribution is 5.46. The molecule has 0 saturated carbocycles. The summed E-state index contributed by atoms with van der Waals surface area (Å²) < 4.78 is 5.54. The molecule has 0 radical (unpaired) electrons. The molecule has 2 aliphatic rings. The number of piperidine rings is 1. The molecule has 4 rings (SSSR count). The van der Waals surface area contributed by atoms with Crippen LogP contribution in [0.15, 0.2) is 42.6 Å². The fourth-order valence-corrected chi connectivity index (χ4v) is 3.63. The van der Waals surface area contributed by atoms with Crippen molar-refractivity contribution >= 4 is 5.69 Å². The van der Waals surface area contributed by atoms with E-state index in [9.17, 15) is 0 Å². The molecule has 0 aliphatic carbocycles. The van der Waals surface area contributed by atoms with E-state index in [-0.39, 0.29) is 0 Å². The maximum absolute atomic E-state index is 5.54. The number of nitrogens with zero attached hydrogens (tertiary/aromatic N) is 2. The van der Waals surface area contributed by atoms with Gasteiger partial charge in [0.25, 0.3) is 0 Å². The van der Waals surface area contributed by atoms with Crippen LogP contribution < -0.4 is 5.32 Å². The van der Waals surface area contributed by atoms with Crippen molar-refractivity contribution in [3.8, 4) is 0 Å². The molecule has 24 heavy (non-hydrogen) atoms. The van der Waals surface area contributed by atoms with E-state index in [1.165, 1.54) is 29.7 Å². The normalized spacial score (nSPS) is 19.0. The van der Waals surface area contributed by atoms with E-state index in [4.69, 9.17) is 4.74 Å². The van der Waals surface area contributed by atoms with Crippen LogP contribution in [0.5, 0.6) is 0 Å². The fourth-order valence-electron chi connectivity index (χ4n) is 3.63. The summed E-state index contributed by atoms with van der Waals surface area (Å²) in [7, 11) is 0. The smallest absolute Gasteiger partial charge is 0.0735 e. The lowest BCUT2D eigenvalue weighted by molar-refractivity contribution is 0.109. The molecule has 126 valence electrons. The highest BCUT2D eigenvalue weighted by atomic mass is 16.5. The number of aromatic nitrogens is 1. The topological polar surface area (TPSA) is 37.4 Å². The van der Waals surface area contributed by atoms with Gasteiger partial charge in [0.1, 0.15) is 0 Å². The number of nitrogens with one attached hydrogen (secondary N) is 1. The van der Waals surface area contributed by atoms with Crippen LogP contribution in [0.4, 0.5) is 5.69 Å². The number of hydrogen-bond donors (Lipinski definition) is 1. The molecule has 1 fully saturated rings. The van der Waals surface area contributed by atoms with Gasteiger partial charge in [-0.25, -0.2) is 0 Å². The van der Waals surface area contributed by atoms with Crippen molar-refractivity contribution in [1.29, 1.82) is 0 Å². The summed E-state index contributed by atoms with van der Waals surface area (Å²) in [6.07, 6.45) is 5.29. The molecule has 1 aromatic carbocycles. The van der Waals surface area contributed by atoms with Crippen molar-refractivity contribution in [2.75, 3.05) is 25.0 Å². The predicted octanol–water partition coefficient (Wildman–Crippen LogP) is 3.23. The molecular weight excluding hydrogens is 298 g/mol. The molecule has 3 heterocycles. The van der Waals surface area contributed by atoms with Gasteiger partial charge in [0, 0.05) is 43.4 Å². The zero-order chi connectivity index (χ0) is 16.2. The highest BCUT2D eigenvalue weighted by Gasteiger charge is 2.20. The first-order valence-electron chi connectivity index (χ1n) is 8.95. The number of likely N-dealkylation sites (tertiary alicyclic amines) is 1. The van der Waals surface area contributed by atoms with Crippen LogP contribution in [0.1, 0.15) is 29.7 Å². The number of ether oxygens (including phenoxy) is 1. The number of rotatable bonds is 4. The lowest BCUT2D eigenvalue weighted by Crippen LogP contribution is -2.38. The number of pyridine rings is 1. The van der Waals surface area contributed by atoms with Crippen molar-refractivity contribution in [3.63, 3.8) is 0 Å². The largest absolute Gasteiger partial charge is 0.381 e. The Balaban J connectivity index is 1.30. The van der Waals surface area contributed by atoms with Crippen molar-refractivity contribution in [1.82, 2.24) is 9.88 Å². The third kappa shape index (κ3) is 3.77. The second kappa shape index (κ2) is 7.32. The van der Waals surface area contributed by atoms with Crippen molar-refractivity contribution in [3.05, 3.63) is 59.4 Å². The van der Waals surface area contributed by atoms with E-state index in [1.807, 2.05) is 6.20 Å². The summed E-state index contributed by atoms with van der Waals surface area (Å²) in [5, 5.41) is 3.67. The Labute approximate surface area is 143 Å². The van der Waals surface area contributed by atoms with Crippen LogP contribution in [0.3, 0.4) is 0 Å². The van der Waals surface area contributed by atoms with Gasteiger partial charge >= 0.3 is 0 Å². The van der Waals surface area contributed by atoms with Gasteiger partial charge in [0.2, 0.25) is 0 Å². The van der Waals surface area contributed by atoms with Crippen LogP contribution in [0.25, 0.3) is 0 Å². The van der Waals surface area contributed by atoms with Gasteiger partial charge in [-0.15, -0.1) is 0 Å². The first-order chi connectivity index (χ1) is 11.9. The van der Waals surface area contributed by atoms with Crippen molar-refractivity contribution in [2.24, 2.45) is 0 Å². The fraction of sp³-hybridized carbons (Fsp3) is 0.450. The van der Waals surface area contributed by atoms with Crippen molar-refractivity contribution < 1.29 is 4.74 Å². The molecule has 1 N–H and O–H groups in total. The standard InChI is InChI=1S/C20H25N3O/c1-2-4-16(5-3-1)14-23-9-6-18(7-10-23)22-19-12-17-15-24-11-8-20(17)21-13-19/h1-5,12-13,18,22H,6-11,14-15H2. The van der Waals surface area contributed by atoms with Crippen LogP contribution in [-0.4, -0.2) is 35.6 Å². The average molecular weight is 323 g/mol. The maximum atomic E-state index is 5.54. The predicted molar refractivity (Wildman–Crippen MR) is 96.0 cm³/mol. The number of anilines is 1. The Morgan fingerprint density at radius 3 is 2.83 bits per heavy atom. The molecule has 0 unspecified atom stereocenters. The Bertz CT molecular complexity index is 666.